The SMILES string of the molecule is CCCCCCCCc1cc(Oc2cccc(O)c2)ccc1S(=O)(=O)O. The van der Waals surface area contributed by atoms with E-state index in [4.69, 9.17) is 4.74 Å². The van der Waals surface area contributed by atoms with Crippen LogP contribution in [0.1, 0.15) is 51.0 Å². The third-order valence-corrected chi connectivity index (χ3v) is 5.12. The number of rotatable bonds is 10. The molecule has 142 valence electrons. The highest BCUT2D eigenvalue weighted by Crippen LogP contribution is 2.29. The van der Waals surface area contributed by atoms with Crippen LogP contribution in [-0.2, 0) is 16.5 Å². The van der Waals surface area contributed by atoms with E-state index < -0.39 is 10.1 Å². The van der Waals surface area contributed by atoms with Crippen molar-refractivity contribution in [1.29, 1.82) is 0 Å². The van der Waals surface area contributed by atoms with E-state index in [0.29, 0.717) is 23.5 Å². The average molecular weight is 378 g/mol. The van der Waals surface area contributed by atoms with Gasteiger partial charge in [0.05, 0.1) is 4.90 Å². The van der Waals surface area contributed by atoms with Gasteiger partial charge in [0.25, 0.3) is 10.1 Å². The van der Waals surface area contributed by atoms with Crippen LogP contribution in [-0.4, -0.2) is 18.1 Å². The first-order valence-corrected chi connectivity index (χ1v) is 10.4. The minimum atomic E-state index is -4.28. The summed E-state index contributed by atoms with van der Waals surface area (Å²) in [4.78, 5) is -0.0747. The lowest BCUT2D eigenvalue weighted by atomic mass is 10.0. The van der Waals surface area contributed by atoms with Crippen molar-refractivity contribution < 1.29 is 22.8 Å². The van der Waals surface area contributed by atoms with Crippen LogP contribution in [0.3, 0.4) is 0 Å². The van der Waals surface area contributed by atoms with E-state index in [0.717, 1.165) is 19.3 Å². The Balaban J connectivity index is 2.11. The molecule has 0 amide bonds. The van der Waals surface area contributed by atoms with Crippen LogP contribution in [0.5, 0.6) is 17.2 Å². The molecule has 0 saturated carbocycles. The molecule has 0 bridgehead atoms. The van der Waals surface area contributed by atoms with Crippen LogP contribution < -0.4 is 4.74 Å². The Labute approximate surface area is 155 Å². The Kier molecular flexibility index (Phi) is 7.48. The number of aromatic hydroxyl groups is 1. The molecule has 6 heteroatoms. The van der Waals surface area contributed by atoms with Gasteiger partial charge in [-0.1, -0.05) is 45.1 Å². The number of hydrogen-bond acceptors (Lipinski definition) is 4. The van der Waals surface area contributed by atoms with Crippen LogP contribution in [0.4, 0.5) is 0 Å². The van der Waals surface area contributed by atoms with Gasteiger partial charge >= 0.3 is 0 Å². The predicted molar refractivity (Wildman–Crippen MR) is 102 cm³/mol. The van der Waals surface area contributed by atoms with Gasteiger partial charge in [-0.25, -0.2) is 0 Å². The molecule has 0 aliphatic heterocycles. The highest BCUT2D eigenvalue weighted by molar-refractivity contribution is 7.85. The second-order valence-corrected chi connectivity index (χ2v) is 7.75. The van der Waals surface area contributed by atoms with Crippen molar-refractivity contribution in [2.24, 2.45) is 0 Å². The molecule has 0 atom stereocenters. The smallest absolute Gasteiger partial charge is 0.294 e. The average Bonchev–Trinajstić information content (AvgIpc) is 2.57. The third-order valence-electron chi connectivity index (χ3n) is 4.16. The molecule has 0 saturated heterocycles. The molecule has 0 aromatic heterocycles. The predicted octanol–water partition coefficient (Wildman–Crippen LogP) is 5.33. The lowest BCUT2D eigenvalue weighted by Gasteiger charge is -2.11. The zero-order valence-corrected chi connectivity index (χ0v) is 15.8. The number of ether oxygens (including phenoxy) is 1. The van der Waals surface area contributed by atoms with Gasteiger partial charge < -0.3 is 9.84 Å². The number of benzene rings is 2. The van der Waals surface area contributed by atoms with Crippen LogP contribution in [0.25, 0.3) is 0 Å². The quantitative estimate of drug-likeness (QED) is 0.431. The van der Waals surface area contributed by atoms with Gasteiger partial charge in [0, 0.05) is 6.07 Å². The fourth-order valence-electron chi connectivity index (χ4n) is 2.85. The first kappa shape index (κ1) is 20.3. The van der Waals surface area contributed by atoms with Gasteiger partial charge in [0.2, 0.25) is 0 Å². The van der Waals surface area contributed by atoms with Gasteiger partial charge in [-0.3, -0.25) is 4.55 Å². The van der Waals surface area contributed by atoms with Gasteiger partial charge in [0.15, 0.2) is 0 Å². The second-order valence-electron chi connectivity index (χ2n) is 6.36. The van der Waals surface area contributed by atoms with Crippen LogP contribution in [0.2, 0.25) is 0 Å². The number of hydrogen-bond donors (Lipinski definition) is 2. The van der Waals surface area contributed by atoms with Gasteiger partial charge in [-0.2, -0.15) is 8.42 Å². The highest BCUT2D eigenvalue weighted by atomic mass is 32.2. The third kappa shape index (κ3) is 6.35. The molecule has 0 radical (unpaired) electrons. The van der Waals surface area contributed by atoms with E-state index in [2.05, 4.69) is 6.92 Å². The minimum absolute atomic E-state index is 0.0747. The van der Waals surface area contributed by atoms with Crippen LogP contribution in [0, 0.1) is 0 Å². The van der Waals surface area contributed by atoms with E-state index in [-0.39, 0.29) is 10.6 Å². The summed E-state index contributed by atoms with van der Waals surface area (Å²) in [6.07, 6.45) is 7.12. The molecular formula is C20H26O5S. The number of unbranched alkanes of at least 4 members (excludes halogenated alkanes) is 5. The molecule has 0 spiro atoms. The molecule has 2 rings (SSSR count). The van der Waals surface area contributed by atoms with Gasteiger partial charge in [-0.05, 0) is 48.7 Å². The van der Waals surface area contributed by atoms with Crippen molar-refractivity contribution >= 4 is 10.1 Å². The molecule has 0 heterocycles. The minimum Gasteiger partial charge on any atom is -0.508 e. The maximum absolute atomic E-state index is 11.6. The fourth-order valence-corrected chi connectivity index (χ4v) is 3.58. The molecular weight excluding hydrogens is 352 g/mol. The molecule has 0 unspecified atom stereocenters. The van der Waals surface area contributed by atoms with Crippen molar-refractivity contribution in [1.82, 2.24) is 0 Å². The molecule has 5 nitrogen and oxygen atoms in total. The van der Waals surface area contributed by atoms with Crippen molar-refractivity contribution in [2.45, 2.75) is 56.8 Å². The lowest BCUT2D eigenvalue weighted by Crippen LogP contribution is -2.04. The molecule has 2 aromatic rings. The normalized spacial score (nSPS) is 11.5. The van der Waals surface area contributed by atoms with Crippen molar-refractivity contribution in [3.63, 3.8) is 0 Å². The Hall–Kier alpha value is -2.05. The highest BCUT2D eigenvalue weighted by Gasteiger charge is 2.16. The number of phenolic OH excluding ortho intramolecular Hbond substituents is 1. The van der Waals surface area contributed by atoms with E-state index in [1.54, 1.807) is 18.2 Å². The molecule has 0 aliphatic rings. The first-order valence-electron chi connectivity index (χ1n) is 8.97. The van der Waals surface area contributed by atoms with Gasteiger partial charge in [-0.15, -0.1) is 0 Å². The maximum atomic E-state index is 11.6. The van der Waals surface area contributed by atoms with E-state index in [1.807, 2.05) is 0 Å². The van der Waals surface area contributed by atoms with Crippen molar-refractivity contribution in [3.05, 3.63) is 48.0 Å². The van der Waals surface area contributed by atoms with Crippen molar-refractivity contribution in [2.75, 3.05) is 0 Å². The zero-order chi connectivity index (χ0) is 19.0. The summed E-state index contributed by atoms with van der Waals surface area (Å²) < 4.78 is 38.4. The Morgan fingerprint density at radius 1 is 0.923 bits per heavy atom. The summed E-state index contributed by atoms with van der Waals surface area (Å²) in [5.74, 6) is 1.00. The summed E-state index contributed by atoms with van der Waals surface area (Å²) >= 11 is 0. The van der Waals surface area contributed by atoms with Gasteiger partial charge in [0.1, 0.15) is 17.2 Å². The van der Waals surface area contributed by atoms with E-state index in [9.17, 15) is 18.1 Å². The van der Waals surface area contributed by atoms with E-state index >= 15 is 0 Å². The molecule has 2 aromatic carbocycles. The van der Waals surface area contributed by atoms with E-state index in [1.165, 1.54) is 43.5 Å². The fraction of sp³-hybridized carbons (Fsp3) is 0.400. The summed E-state index contributed by atoms with van der Waals surface area (Å²) in [6, 6.07) is 10.9. The number of phenols is 1. The Morgan fingerprint density at radius 3 is 2.31 bits per heavy atom. The first-order chi connectivity index (χ1) is 12.4. The summed E-state index contributed by atoms with van der Waals surface area (Å²) in [6.45, 7) is 2.16. The monoisotopic (exact) mass is 378 g/mol. The molecule has 2 N–H and O–H groups in total. The molecule has 26 heavy (non-hydrogen) atoms. The lowest BCUT2D eigenvalue weighted by molar-refractivity contribution is 0.454. The molecule has 0 fully saturated rings. The largest absolute Gasteiger partial charge is 0.508 e. The molecule has 0 aliphatic carbocycles. The second kappa shape index (κ2) is 9.59. The summed E-state index contributed by atoms with van der Waals surface area (Å²) in [7, 11) is -4.28. The number of aryl methyl sites for hydroxylation is 1. The Morgan fingerprint density at radius 2 is 1.62 bits per heavy atom. The van der Waals surface area contributed by atoms with Crippen LogP contribution in [0.15, 0.2) is 47.4 Å². The standard InChI is InChI=1S/C20H26O5S/c1-2-3-4-5-6-7-9-16-14-19(12-13-20(16)26(22,23)24)25-18-11-8-10-17(21)15-18/h8,10-15,21H,2-7,9H2,1H3,(H,22,23,24). The van der Waals surface area contributed by atoms with Crippen LogP contribution >= 0.6 is 0 Å². The Bertz CT molecular complexity index is 815. The maximum Gasteiger partial charge on any atom is 0.294 e. The topological polar surface area (TPSA) is 83.8 Å². The summed E-state index contributed by atoms with van der Waals surface area (Å²) in [5, 5.41) is 9.51. The zero-order valence-electron chi connectivity index (χ0n) is 15.0. The van der Waals surface area contributed by atoms with Crippen molar-refractivity contribution in [3.8, 4) is 17.2 Å². The summed E-state index contributed by atoms with van der Waals surface area (Å²) in [5.41, 5.74) is 0.542.